The van der Waals surface area contributed by atoms with E-state index in [1.54, 1.807) is 5.57 Å². The fraction of sp³-hybridized carbons (Fsp3) is 0.875. The molecule has 0 saturated heterocycles. The van der Waals surface area contributed by atoms with Gasteiger partial charge in [0.2, 0.25) is 0 Å². The van der Waals surface area contributed by atoms with Crippen molar-refractivity contribution >= 4 is 0 Å². The number of hydrogen-bond donors (Lipinski definition) is 1. The van der Waals surface area contributed by atoms with Gasteiger partial charge in [0.1, 0.15) is 0 Å². The van der Waals surface area contributed by atoms with Crippen LogP contribution in [0.5, 0.6) is 0 Å². The maximum atomic E-state index is 6.22. The van der Waals surface area contributed by atoms with Crippen LogP contribution < -0.4 is 5.73 Å². The predicted octanol–water partition coefficient (Wildman–Crippen LogP) is 3.43. The molecule has 2 nitrogen and oxygen atoms in total. The molecule has 0 bridgehead atoms. The fourth-order valence-electron chi connectivity index (χ4n) is 2.35. The molecule has 1 unspecified atom stereocenters. The zero-order valence-corrected chi connectivity index (χ0v) is 13.2. The van der Waals surface area contributed by atoms with Crippen LogP contribution in [-0.2, 0) is 0 Å². The number of hydrogen-bond acceptors (Lipinski definition) is 2. The molecule has 1 aliphatic rings. The zero-order valence-electron chi connectivity index (χ0n) is 13.2. The highest BCUT2D eigenvalue weighted by Crippen LogP contribution is 2.30. The average molecular weight is 252 g/mol. The Morgan fingerprint density at radius 2 is 1.83 bits per heavy atom. The quantitative estimate of drug-likeness (QED) is 0.780. The number of rotatable bonds is 3. The van der Waals surface area contributed by atoms with Crippen LogP contribution in [0, 0.1) is 10.8 Å². The van der Waals surface area contributed by atoms with Crippen molar-refractivity contribution in [1.82, 2.24) is 4.90 Å². The van der Waals surface area contributed by atoms with E-state index in [4.69, 9.17) is 5.73 Å². The first kappa shape index (κ1) is 15.7. The van der Waals surface area contributed by atoms with Gasteiger partial charge < -0.3 is 5.73 Å². The van der Waals surface area contributed by atoms with Crippen LogP contribution in [-0.4, -0.2) is 30.6 Å². The summed E-state index contributed by atoms with van der Waals surface area (Å²) >= 11 is 0. The normalized spacial score (nSPS) is 20.7. The largest absolute Gasteiger partial charge is 0.327 e. The van der Waals surface area contributed by atoms with Crippen molar-refractivity contribution in [2.24, 2.45) is 16.6 Å². The molecule has 106 valence electrons. The molecule has 0 aliphatic carbocycles. The molecule has 1 rings (SSSR count). The van der Waals surface area contributed by atoms with Crippen LogP contribution in [0.4, 0.5) is 0 Å². The van der Waals surface area contributed by atoms with E-state index in [1.807, 2.05) is 0 Å². The fourth-order valence-corrected chi connectivity index (χ4v) is 2.35. The van der Waals surface area contributed by atoms with Crippen LogP contribution in [0.1, 0.15) is 54.4 Å². The first-order valence-electron chi connectivity index (χ1n) is 7.28. The highest BCUT2D eigenvalue weighted by Gasteiger charge is 2.23. The molecule has 0 aromatic rings. The Bertz CT molecular complexity index is 291. The third kappa shape index (κ3) is 4.74. The van der Waals surface area contributed by atoms with Gasteiger partial charge in [-0.3, -0.25) is 4.90 Å². The lowest BCUT2D eigenvalue weighted by atomic mass is 9.82. The van der Waals surface area contributed by atoms with Crippen LogP contribution in [0.2, 0.25) is 0 Å². The molecule has 1 aliphatic heterocycles. The van der Waals surface area contributed by atoms with Gasteiger partial charge in [-0.25, -0.2) is 0 Å². The van der Waals surface area contributed by atoms with Gasteiger partial charge in [0, 0.05) is 19.1 Å². The van der Waals surface area contributed by atoms with Crippen molar-refractivity contribution in [1.29, 1.82) is 0 Å². The van der Waals surface area contributed by atoms with E-state index in [0.717, 1.165) is 19.5 Å². The molecule has 0 radical (unpaired) electrons. The van der Waals surface area contributed by atoms with Crippen molar-refractivity contribution in [2.45, 2.75) is 60.4 Å². The molecule has 18 heavy (non-hydrogen) atoms. The second kappa shape index (κ2) is 5.75. The second-order valence-corrected chi connectivity index (χ2v) is 7.79. The van der Waals surface area contributed by atoms with Gasteiger partial charge >= 0.3 is 0 Å². The first-order valence-corrected chi connectivity index (χ1v) is 7.28. The lowest BCUT2D eigenvalue weighted by Gasteiger charge is -2.34. The average Bonchev–Trinajstić information content (AvgIpc) is 2.24. The van der Waals surface area contributed by atoms with Crippen LogP contribution >= 0.6 is 0 Å². The van der Waals surface area contributed by atoms with E-state index in [2.05, 4.69) is 52.5 Å². The predicted molar refractivity (Wildman–Crippen MR) is 80.6 cm³/mol. The topological polar surface area (TPSA) is 29.3 Å². The Labute approximate surface area is 114 Å². The summed E-state index contributed by atoms with van der Waals surface area (Å²) in [5.74, 6) is 0. The summed E-state index contributed by atoms with van der Waals surface area (Å²) in [6.07, 6.45) is 4.74. The Hall–Kier alpha value is -0.340. The second-order valence-electron chi connectivity index (χ2n) is 7.79. The van der Waals surface area contributed by atoms with Crippen molar-refractivity contribution in [3.8, 4) is 0 Å². The van der Waals surface area contributed by atoms with Gasteiger partial charge in [-0.15, -0.1) is 0 Å². The summed E-state index contributed by atoms with van der Waals surface area (Å²) in [5.41, 5.74) is 8.40. The Morgan fingerprint density at radius 3 is 2.22 bits per heavy atom. The lowest BCUT2D eigenvalue weighted by Crippen LogP contribution is -2.40. The zero-order chi connectivity index (χ0) is 14.0. The molecule has 0 amide bonds. The molecule has 0 aromatic heterocycles. The molecular formula is C16H32N2. The van der Waals surface area contributed by atoms with E-state index >= 15 is 0 Å². The highest BCUT2D eigenvalue weighted by molar-refractivity contribution is 5.14. The van der Waals surface area contributed by atoms with Crippen molar-refractivity contribution in [2.75, 3.05) is 19.6 Å². The van der Waals surface area contributed by atoms with E-state index < -0.39 is 0 Å². The highest BCUT2D eigenvalue weighted by atomic mass is 15.1. The van der Waals surface area contributed by atoms with Crippen molar-refractivity contribution in [3.05, 3.63) is 11.6 Å². The molecule has 0 aromatic carbocycles. The first-order chi connectivity index (χ1) is 8.10. The van der Waals surface area contributed by atoms with E-state index in [1.165, 1.54) is 13.0 Å². The van der Waals surface area contributed by atoms with E-state index in [0.29, 0.717) is 11.5 Å². The van der Waals surface area contributed by atoms with E-state index in [9.17, 15) is 0 Å². The Morgan fingerprint density at radius 1 is 1.22 bits per heavy atom. The standard InChI is InChI=1S/C16H32N2/c1-15(2,3)13-7-10-18(11-8-13)12-9-14(17)16(4,5)6/h7,14H,8-12,17H2,1-6H3. The summed E-state index contributed by atoms with van der Waals surface area (Å²) in [5, 5.41) is 0. The maximum Gasteiger partial charge on any atom is 0.0166 e. The molecule has 1 atom stereocenters. The number of nitrogens with two attached hydrogens (primary N) is 1. The maximum absolute atomic E-state index is 6.22. The van der Waals surface area contributed by atoms with Crippen molar-refractivity contribution < 1.29 is 0 Å². The minimum absolute atomic E-state index is 0.224. The van der Waals surface area contributed by atoms with Gasteiger partial charge in [-0.2, -0.15) is 0 Å². The minimum Gasteiger partial charge on any atom is -0.327 e. The summed E-state index contributed by atoms with van der Waals surface area (Å²) in [4.78, 5) is 2.53. The summed E-state index contributed by atoms with van der Waals surface area (Å²) < 4.78 is 0. The van der Waals surface area contributed by atoms with Gasteiger partial charge in [-0.1, -0.05) is 53.2 Å². The molecule has 2 heteroatoms. The summed E-state index contributed by atoms with van der Waals surface area (Å²) in [7, 11) is 0. The minimum atomic E-state index is 0.224. The molecule has 0 saturated carbocycles. The van der Waals surface area contributed by atoms with E-state index in [-0.39, 0.29) is 5.41 Å². The van der Waals surface area contributed by atoms with Gasteiger partial charge in [0.15, 0.2) is 0 Å². The smallest absolute Gasteiger partial charge is 0.0166 e. The summed E-state index contributed by atoms with van der Waals surface area (Å²) in [6.45, 7) is 17.0. The molecular weight excluding hydrogens is 220 g/mol. The van der Waals surface area contributed by atoms with Crippen LogP contribution in [0.25, 0.3) is 0 Å². The molecule has 0 spiro atoms. The van der Waals surface area contributed by atoms with Crippen molar-refractivity contribution in [3.63, 3.8) is 0 Å². The third-order valence-corrected chi connectivity index (χ3v) is 4.13. The van der Waals surface area contributed by atoms with Gasteiger partial charge in [-0.05, 0) is 30.2 Å². The third-order valence-electron chi connectivity index (χ3n) is 4.13. The van der Waals surface area contributed by atoms with Crippen LogP contribution in [0.15, 0.2) is 11.6 Å². The molecule has 1 heterocycles. The summed E-state index contributed by atoms with van der Waals surface area (Å²) in [6, 6.07) is 0.297. The number of nitrogens with zero attached hydrogens (tertiary/aromatic N) is 1. The lowest BCUT2D eigenvalue weighted by molar-refractivity contribution is 0.232. The Kier molecular flexibility index (Phi) is 5.02. The van der Waals surface area contributed by atoms with Crippen LogP contribution in [0.3, 0.4) is 0 Å². The SMILES string of the molecule is CC(C)(C)C1=CCN(CCC(N)C(C)(C)C)CC1. The van der Waals surface area contributed by atoms with Gasteiger partial charge in [0.25, 0.3) is 0 Å². The monoisotopic (exact) mass is 252 g/mol. The molecule has 2 N–H and O–H groups in total. The van der Waals surface area contributed by atoms with Gasteiger partial charge in [0.05, 0.1) is 0 Å². The molecule has 0 fully saturated rings. The Balaban J connectivity index is 2.39.